The van der Waals surface area contributed by atoms with Crippen LogP contribution in [0.2, 0.25) is 0 Å². The molecule has 0 N–H and O–H groups in total. The quantitative estimate of drug-likeness (QED) is 0.495. The molecule has 1 amide bonds. The van der Waals surface area contributed by atoms with Crippen LogP contribution in [0.5, 0.6) is 0 Å². The van der Waals surface area contributed by atoms with E-state index in [2.05, 4.69) is 11.0 Å². The maximum atomic E-state index is 12.8. The fourth-order valence-electron chi connectivity index (χ4n) is 3.56. The van der Waals surface area contributed by atoms with Gasteiger partial charge in [-0.15, -0.1) is 11.6 Å². The number of benzene rings is 1. The zero-order valence-corrected chi connectivity index (χ0v) is 17.6. The lowest BCUT2D eigenvalue weighted by Gasteiger charge is -2.40. The van der Waals surface area contributed by atoms with E-state index in [-0.39, 0.29) is 11.9 Å². The highest BCUT2D eigenvalue weighted by Crippen LogP contribution is 2.37. The minimum atomic E-state index is -4.36. The van der Waals surface area contributed by atoms with Crippen molar-refractivity contribution in [1.29, 1.82) is 0 Å². The largest absolute Gasteiger partial charge is 0.416 e. The lowest BCUT2D eigenvalue weighted by molar-refractivity contribution is -0.137. The Morgan fingerprint density at radius 1 is 1.07 bits per heavy atom. The zero-order chi connectivity index (χ0) is 21.1. The zero-order valence-electron chi connectivity index (χ0n) is 16.8. The molecule has 1 saturated heterocycles. The number of rotatable bonds is 5. The number of hydrogen-bond donors (Lipinski definition) is 0. The maximum absolute atomic E-state index is 12.8. The van der Waals surface area contributed by atoms with Crippen LogP contribution in [0.25, 0.3) is 0 Å². The summed E-state index contributed by atoms with van der Waals surface area (Å²) >= 11 is 6.80. The summed E-state index contributed by atoms with van der Waals surface area (Å²) in [5.74, 6) is 0.0744. The van der Waals surface area contributed by atoms with Gasteiger partial charge in [-0.3, -0.25) is 9.69 Å². The molecule has 0 spiro atoms. The molecule has 0 radical (unpaired) electrons. The van der Waals surface area contributed by atoms with Gasteiger partial charge in [0.2, 0.25) is 5.91 Å². The lowest BCUT2D eigenvalue weighted by Crippen LogP contribution is -2.52. The van der Waals surface area contributed by atoms with Gasteiger partial charge in [0.15, 0.2) is 0 Å². The van der Waals surface area contributed by atoms with Gasteiger partial charge in [0.05, 0.1) is 10.4 Å². The molecule has 156 valence electrons. The van der Waals surface area contributed by atoms with Crippen molar-refractivity contribution < 1.29 is 18.0 Å². The number of carbonyl (C=O) groups excluding carboxylic acids is 1. The van der Waals surface area contributed by atoms with E-state index in [1.807, 2.05) is 25.7 Å². The fourth-order valence-corrected chi connectivity index (χ4v) is 3.85. The Morgan fingerprint density at radius 2 is 1.57 bits per heavy atom. The van der Waals surface area contributed by atoms with E-state index in [1.54, 1.807) is 6.92 Å². The Bertz CT molecular complexity index is 701. The van der Waals surface area contributed by atoms with Crippen molar-refractivity contribution in [2.45, 2.75) is 51.2 Å². The smallest absolute Gasteiger partial charge is 0.340 e. The van der Waals surface area contributed by atoms with Gasteiger partial charge in [-0.1, -0.05) is 23.8 Å². The first-order valence-corrected chi connectivity index (χ1v) is 9.79. The summed E-state index contributed by atoms with van der Waals surface area (Å²) in [4.78, 5) is 14.9. The van der Waals surface area contributed by atoms with Crippen LogP contribution in [-0.4, -0.2) is 47.9 Å². The molecule has 0 saturated carbocycles. The molecule has 0 aromatic heterocycles. The maximum Gasteiger partial charge on any atom is 0.416 e. The fraction of sp³-hybridized carbons (Fsp3) is 0.571. The SMILES string of the molecule is CC(=O)N1CCN(C(C=C(C)C)CC(C)(Cl)c2ccc(C(F)(F)F)cc2)CC1. The third-order valence-corrected chi connectivity index (χ3v) is 5.53. The molecule has 28 heavy (non-hydrogen) atoms. The van der Waals surface area contributed by atoms with E-state index in [9.17, 15) is 18.0 Å². The first-order valence-electron chi connectivity index (χ1n) is 9.41. The second-order valence-electron chi connectivity index (χ2n) is 7.83. The number of carbonyl (C=O) groups is 1. The summed E-state index contributed by atoms with van der Waals surface area (Å²) in [5.41, 5.74) is 1.14. The Kier molecular flexibility index (Phi) is 7.21. The van der Waals surface area contributed by atoms with Crippen molar-refractivity contribution in [1.82, 2.24) is 9.80 Å². The summed E-state index contributed by atoms with van der Waals surface area (Å²) in [6, 6.07) is 5.13. The molecule has 2 atom stereocenters. The molecule has 1 aromatic carbocycles. The van der Waals surface area contributed by atoms with Gasteiger partial charge >= 0.3 is 6.18 Å². The molecule has 1 aliphatic heterocycles. The van der Waals surface area contributed by atoms with E-state index in [0.717, 1.165) is 30.8 Å². The summed E-state index contributed by atoms with van der Waals surface area (Å²) < 4.78 is 38.5. The van der Waals surface area contributed by atoms with Crippen LogP contribution in [0.15, 0.2) is 35.9 Å². The number of amides is 1. The topological polar surface area (TPSA) is 23.6 Å². The van der Waals surface area contributed by atoms with Gasteiger partial charge in [-0.05, 0) is 44.9 Å². The van der Waals surface area contributed by atoms with Gasteiger partial charge in [0.1, 0.15) is 0 Å². The Labute approximate surface area is 170 Å². The molecule has 7 heteroatoms. The number of allylic oxidation sites excluding steroid dienone is 1. The molecule has 1 heterocycles. The highest BCUT2D eigenvalue weighted by molar-refractivity contribution is 6.23. The van der Waals surface area contributed by atoms with Gasteiger partial charge in [0.25, 0.3) is 0 Å². The van der Waals surface area contributed by atoms with Crippen molar-refractivity contribution in [3.8, 4) is 0 Å². The second kappa shape index (κ2) is 8.87. The minimum Gasteiger partial charge on any atom is -0.340 e. The normalized spacial score (nSPS) is 19.1. The van der Waals surface area contributed by atoms with Gasteiger partial charge in [-0.25, -0.2) is 0 Å². The van der Waals surface area contributed by atoms with Gasteiger partial charge in [0, 0.05) is 39.1 Å². The van der Waals surface area contributed by atoms with Crippen LogP contribution >= 0.6 is 11.6 Å². The monoisotopic (exact) mass is 416 g/mol. The lowest BCUT2D eigenvalue weighted by atomic mass is 9.90. The molecule has 3 nitrogen and oxygen atoms in total. The van der Waals surface area contributed by atoms with Crippen molar-refractivity contribution in [2.24, 2.45) is 0 Å². The molecule has 1 aliphatic rings. The number of hydrogen-bond acceptors (Lipinski definition) is 2. The van der Waals surface area contributed by atoms with Crippen molar-refractivity contribution in [3.63, 3.8) is 0 Å². The molecular formula is C21H28ClF3N2O. The Balaban J connectivity index is 2.16. The third kappa shape index (κ3) is 5.98. The average molecular weight is 417 g/mol. The second-order valence-corrected chi connectivity index (χ2v) is 8.66. The molecule has 0 bridgehead atoms. The van der Waals surface area contributed by atoms with Crippen LogP contribution in [0.3, 0.4) is 0 Å². The third-order valence-electron chi connectivity index (χ3n) is 5.16. The number of alkyl halides is 4. The van der Waals surface area contributed by atoms with Crippen molar-refractivity contribution >= 4 is 17.5 Å². The van der Waals surface area contributed by atoms with Crippen LogP contribution in [0, 0.1) is 0 Å². The number of nitrogens with zero attached hydrogens (tertiary/aromatic N) is 2. The van der Waals surface area contributed by atoms with Gasteiger partial charge < -0.3 is 4.90 Å². The van der Waals surface area contributed by atoms with E-state index < -0.39 is 16.6 Å². The number of piperazine rings is 1. The Morgan fingerprint density at radius 3 is 2.00 bits per heavy atom. The van der Waals surface area contributed by atoms with E-state index in [1.165, 1.54) is 12.1 Å². The molecule has 2 unspecified atom stereocenters. The number of halogens is 4. The summed E-state index contributed by atoms with van der Waals surface area (Å²) in [6.45, 7) is 10.3. The van der Waals surface area contributed by atoms with E-state index >= 15 is 0 Å². The summed E-state index contributed by atoms with van der Waals surface area (Å²) in [6.07, 6.45) is -1.65. The highest BCUT2D eigenvalue weighted by Gasteiger charge is 2.34. The first-order chi connectivity index (χ1) is 12.9. The van der Waals surface area contributed by atoms with Crippen LogP contribution in [0.1, 0.15) is 45.2 Å². The van der Waals surface area contributed by atoms with Crippen LogP contribution in [0.4, 0.5) is 13.2 Å². The van der Waals surface area contributed by atoms with Gasteiger partial charge in [-0.2, -0.15) is 13.2 Å². The Hall–Kier alpha value is -1.53. The van der Waals surface area contributed by atoms with Crippen molar-refractivity contribution in [2.75, 3.05) is 26.2 Å². The minimum absolute atomic E-state index is 0.0453. The summed E-state index contributed by atoms with van der Waals surface area (Å²) in [5, 5.41) is 0. The summed E-state index contributed by atoms with van der Waals surface area (Å²) in [7, 11) is 0. The van der Waals surface area contributed by atoms with E-state index in [0.29, 0.717) is 25.1 Å². The van der Waals surface area contributed by atoms with Crippen LogP contribution < -0.4 is 0 Å². The molecule has 2 rings (SSSR count). The molecule has 0 aliphatic carbocycles. The predicted molar refractivity (Wildman–Crippen MR) is 106 cm³/mol. The molecule has 1 aromatic rings. The first kappa shape index (κ1) is 22.8. The average Bonchev–Trinajstić information content (AvgIpc) is 2.60. The van der Waals surface area contributed by atoms with Crippen molar-refractivity contribution in [3.05, 3.63) is 47.0 Å². The van der Waals surface area contributed by atoms with E-state index in [4.69, 9.17) is 11.6 Å². The molecular weight excluding hydrogens is 389 g/mol. The standard InChI is InChI=1S/C21H28ClF3N2O/c1-15(2)13-19(27-11-9-26(10-12-27)16(3)28)14-20(4,22)17-5-7-18(8-6-17)21(23,24)25/h5-8,13,19H,9-12,14H2,1-4H3. The predicted octanol–water partition coefficient (Wildman–Crippen LogP) is 5.05. The van der Waals surface area contributed by atoms with Crippen LogP contribution in [-0.2, 0) is 15.8 Å². The molecule has 1 fully saturated rings. The highest BCUT2D eigenvalue weighted by atomic mass is 35.5.